The number of para-hydroxylation sites is 1. The maximum atomic E-state index is 13.0. The van der Waals surface area contributed by atoms with Gasteiger partial charge in [-0.25, -0.2) is 0 Å². The van der Waals surface area contributed by atoms with E-state index in [0.717, 1.165) is 16.5 Å². The standard InChI is InChI=1S/C25H23BrN2O3/c1-2-15-27-24(29)20-10-6-7-11-22(20)28-25(30)21-17-19(26)12-13-23(21)31-16-14-18-8-4-3-5-9-18/h2-13,17H,1,14-16H2,(H,27,29)(H,28,30). The Morgan fingerprint density at radius 1 is 0.935 bits per heavy atom. The van der Waals surface area contributed by atoms with Crippen LogP contribution in [0.15, 0.2) is 89.9 Å². The number of rotatable bonds is 9. The van der Waals surface area contributed by atoms with E-state index >= 15 is 0 Å². The van der Waals surface area contributed by atoms with E-state index < -0.39 is 0 Å². The third-order valence-electron chi connectivity index (χ3n) is 4.50. The summed E-state index contributed by atoms with van der Waals surface area (Å²) >= 11 is 3.41. The number of halogens is 1. The molecule has 0 fully saturated rings. The second kappa shape index (κ2) is 11.1. The Labute approximate surface area is 190 Å². The predicted octanol–water partition coefficient (Wildman–Crippen LogP) is 5.24. The summed E-state index contributed by atoms with van der Waals surface area (Å²) in [6.07, 6.45) is 2.32. The molecule has 158 valence electrons. The molecule has 0 heterocycles. The summed E-state index contributed by atoms with van der Waals surface area (Å²) in [5.74, 6) is -0.172. The summed E-state index contributed by atoms with van der Waals surface area (Å²) in [6, 6.07) is 22.1. The molecule has 31 heavy (non-hydrogen) atoms. The molecular formula is C25H23BrN2O3. The van der Waals surface area contributed by atoms with Crippen molar-refractivity contribution in [2.45, 2.75) is 6.42 Å². The van der Waals surface area contributed by atoms with Crippen LogP contribution >= 0.6 is 15.9 Å². The third-order valence-corrected chi connectivity index (χ3v) is 5.00. The van der Waals surface area contributed by atoms with Crippen molar-refractivity contribution in [1.29, 1.82) is 0 Å². The van der Waals surface area contributed by atoms with Crippen LogP contribution in [0.1, 0.15) is 26.3 Å². The van der Waals surface area contributed by atoms with Gasteiger partial charge in [0.05, 0.1) is 23.4 Å². The second-order valence-corrected chi connectivity index (χ2v) is 7.64. The molecule has 6 heteroatoms. The van der Waals surface area contributed by atoms with Gasteiger partial charge >= 0.3 is 0 Å². The molecule has 0 saturated carbocycles. The van der Waals surface area contributed by atoms with Crippen LogP contribution in [0.5, 0.6) is 5.75 Å². The number of amides is 2. The smallest absolute Gasteiger partial charge is 0.259 e. The van der Waals surface area contributed by atoms with E-state index in [1.807, 2.05) is 36.4 Å². The molecule has 3 aromatic carbocycles. The van der Waals surface area contributed by atoms with Crippen molar-refractivity contribution in [2.75, 3.05) is 18.5 Å². The molecular weight excluding hydrogens is 456 g/mol. The predicted molar refractivity (Wildman–Crippen MR) is 127 cm³/mol. The lowest BCUT2D eigenvalue weighted by Gasteiger charge is -2.14. The van der Waals surface area contributed by atoms with E-state index in [1.54, 1.807) is 42.5 Å². The molecule has 2 amide bonds. The Kier molecular flexibility index (Phi) is 8.01. The number of hydrogen-bond donors (Lipinski definition) is 2. The maximum Gasteiger partial charge on any atom is 0.259 e. The highest BCUT2D eigenvalue weighted by Gasteiger charge is 2.17. The highest BCUT2D eigenvalue weighted by molar-refractivity contribution is 9.10. The van der Waals surface area contributed by atoms with E-state index in [1.165, 1.54) is 0 Å². The zero-order valence-electron chi connectivity index (χ0n) is 16.9. The number of nitrogens with one attached hydrogen (secondary N) is 2. The molecule has 0 aliphatic heterocycles. The minimum atomic E-state index is -0.361. The highest BCUT2D eigenvalue weighted by atomic mass is 79.9. The first-order valence-electron chi connectivity index (χ1n) is 9.84. The van der Waals surface area contributed by atoms with Gasteiger partial charge in [0.2, 0.25) is 0 Å². The zero-order chi connectivity index (χ0) is 22.1. The summed E-state index contributed by atoms with van der Waals surface area (Å²) in [6.45, 7) is 4.37. The fourth-order valence-electron chi connectivity index (χ4n) is 2.97. The van der Waals surface area contributed by atoms with Gasteiger partial charge in [0, 0.05) is 17.4 Å². The van der Waals surface area contributed by atoms with Gasteiger partial charge in [-0.3, -0.25) is 9.59 Å². The number of carbonyl (C=O) groups is 2. The molecule has 0 saturated heterocycles. The molecule has 0 spiro atoms. The first kappa shape index (κ1) is 22.3. The normalized spacial score (nSPS) is 10.2. The van der Waals surface area contributed by atoms with Crippen LogP contribution < -0.4 is 15.4 Å². The molecule has 0 radical (unpaired) electrons. The number of carbonyl (C=O) groups excluding carboxylic acids is 2. The molecule has 0 aromatic heterocycles. The van der Waals surface area contributed by atoms with Gasteiger partial charge in [-0.15, -0.1) is 6.58 Å². The van der Waals surface area contributed by atoms with Crippen LogP contribution in [0, 0.1) is 0 Å². The van der Waals surface area contributed by atoms with Crippen LogP contribution in [0.4, 0.5) is 5.69 Å². The van der Waals surface area contributed by atoms with Crippen LogP contribution in [0.25, 0.3) is 0 Å². The minimum absolute atomic E-state index is 0.288. The van der Waals surface area contributed by atoms with E-state index in [9.17, 15) is 9.59 Å². The van der Waals surface area contributed by atoms with Crippen LogP contribution in [-0.2, 0) is 6.42 Å². The van der Waals surface area contributed by atoms with E-state index in [0.29, 0.717) is 35.7 Å². The Balaban J connectivity index is 1.75. The zero-order valence-corrected chi connectivity index (χ0v) is 18.5. The van der Waals surface area contributed by atoms with Crippen molar-refractivity contribution in [1.82, 2.24) is 5.32 Å². The molecule has 5 nitrogen and oxygen atoms in total. The summed E-state index contributed by atoms with van der Waals surface area (Å²) in [5.41, 5.74) is 2.33. The Hall–Kier alpha value is -3.38. The van der Waals surface area contributed by atoms with E-state index in [-0.39, 0.29) is 11.8 Å². The van der Waals surface area contributed by atoms with E-state index in [2.05, 4.69) is 33.1 Å². The monoisotopic (exact) mass is 478 g/mol. The lowest BCUT2D eigenvalue weighted by atomic mass is 10.1. The second-order valence-electron chi connectivity index (χ2n) is 6.72. The van der Waals surface area contributed by atoms with Crippen molar-refractivity contribution in [3.05, 3.63) is 107 Å². The molecule has 0 atom stereocenters. The summed E-state index contributed by atoms with van der Waals surface area (Å²) in [5, 5.41) is 5.56. The summed E-state index contributed by atoms with van der Waals surface area (Å²) in [7, 11) is 0. The first-order chi connectivity index (χ1) is 15.1. The molecule has 3 rings (SSSR count). The lowest BCUT2D eigenvalue weighted by molar-refractivity contribution is 0.0959. The fraction of sp³-hybridized carbons (Fsp3) is 0.120. The minimum Gasteiger partial charge on any atom is -0.492 e. The maximum absolute atomic E-state index is 13.0. The third kappa shape index (κ3) is 6.30. The van der Waals surface area contributed by atoms with Crippen LogP contribution in [0.2, 0.25) is 0 Å². The average molecular weight is 479 g/mol. The number of hydrogen-bond acceptors (Lipinski definition) is 3. The molecule has 2 N–H and O–H groups in total. The Bertz CT molecular complexity index is 1070. The number of benzene rings is 3. The van der Waals surface area contributed by atoms with Crippen LogP contribution in [0.3, 0.4) is 0 Å². The van der Waals surface area contributed by atoms with Crippen molar-refractivity contribution in [3.63, 3.8) is 0 Å². The average Bonchev–Trinajstić information content (AvgIpc) is 2.79. The summed E-state index contributed by atoms with van der Waals surface area (Å²) in [4.78, 5) is 25.4. The van der Waals surface area contributed by atoms with Gasteiger partial charge in [0.25, 0.3) is 11.8 Å². The fourth-order valence-corrected chi connectivity index (χ4v) is 3.33. The first-order valence-corrected chi connectivity index (χ1v) is 10.6. The van der Waals surface area contributed by atoms with Gasteiger partial charge in [-0.1, -0.05) is 64.5 Å². The molecule has 0 aliphatic carbocycles. The number of ether oxygens (including phenoxy) is 1. The van der Waals surface area contributed by atoms with Crippen molar-refractivity contribution >= 4 is 33.4 Å². The summed E-state index contributed by atoms with van der Waals surface area (Å²) < 4.78 is 6.67. The van der Waals surface area contributed by atoms with E-state index in [4.69, 9.17) is 4.74 Å². The molecule has 0 bridgehead atoms. The van der Waals surface area contributed by atoms with Crippen LogP contribution in [-0.4, -0.2) is 25.0 Å². The van der Waals surface area contributed by atoms with Crippen molar-refractivity contribution in [3.8, 4) is 5.75 Å². The highest BCUT2D eigenvalue weighted by Crippen LogP contribution is 2.25. The largest absolute Gasteiger partial charge is 0.492 e. The molecule has 0 aliphatic rings. The van der Waals surface area contributed by atoms with Gasteiger partial charge < -0.3 is 15.4 Å². The van der Waals surface area contributed by atoms with Crippen molar-refractivity contribution < 1.29 is 14.3 Å². The Morgan fingerprint density at radius 3 is 2.45 bits per heavy atom. The van der Waals surface area contributed by atoms with Gasteiger partial charge in [0.15, 0.2) is 0 Å². The Morgan fingerprint density at radius 2 is 1.68 bits per heavy atom. The van der Waals surface area contributed by atoms with Gasteiger partial charge in [0.1, 0.15) is 5.75 Å². The van der Waals surface area contributed by atoms with Gasteiger partial charge in [-0.05, 0) is 35.9 Å². The molecule has 0 unspecified atom stereocenters. The topological polar surface area (TPSA) is 67.4 Å². The quantitative estimate of drug-likeness (QED) is 0.413. The van der Waals surface area contributed by atoms with Gasteiger partial charge in [-0.2, -0.15) is 0 Å². The number of anilines is 1. The SMILES string of the molecule is C=CCNC(=O)c1ccccc1NC(=O)c1cc(Br)ccc1OCCc1ccccc1. The molecule has 3 aromatic rings. The lowest BCUT2D eigenvalue weighted by Crippen LogP contribution is -2.25. The van der Waals surface area contributed by atoms with Crippen molar-refractivity contribution in [2.24, 2.45) is 0 Å².